The highest BCUT2D eigenvalue weighted by Crippen LogP contribution is 2.21. The molecule has 2 atom stereocenters. The molecule has 0 saturated carbocycles. The third-order valence-corrected chi connectivity index (χ3v) is 3.58. The number of benzene rings is 1. The lowest BCUT2D eigenvalue weighted by Gasteiger charge is -2.15. The van der Waals surface area contributed by atoms with Crippen LogP contribution in [0.15, 0.2) is 22.7 Å². The summed E-state index contributed by atoms with van der Waals surface area (Å²) in [5.74, 6) is 0.265. The van der Waals surface area contributed by atoms with Crippen LogP contribution >= 0.6 is 15.9 Å². The van der Waals surface area contributed by atoms with E-state index in [0.29, 0.717) is 12.3 Å². The molecule has 0 spiro atoms. The number of aliphatic hydroxyl groups is 1. The first kappa shape index (κ1) is 13.7. The van der Waals surface area contributed by atoms with Crippen LogP contribution in [0.3, 0.4) is 0 Å². The predicted molar refractivity (Wildman–Crippen MR) is 67.9 cm³/mol. The molecule has 1 aromatic rings. The summed E-state index contributed by atoms with van der Waals surface area (Å²) < 4.78 is 13.6. The second kappa shape index (κ2) is 6.36. The van der Waals surface area contributed by atoms with Gasteiger partial charge in [0.1, 0.15) is 5.82 Å². The molecule has 0 aliphatic rings. The molecule has 0 radical (unpaired) electrons. The van der Waals surface area contributed by atoms with Crippen LogP contribution < -0.4 is 0 Å². The van der Waals surface area contributed by atoms with Crippen molar-refractivity contribution in [3.8, 4) is 0 Å². The predicted octanol–water partition coefficient (Wildman–Crippen LogP) is 3.93. The summed E-state index contributed by atoms with van der Waals surface area (Å²) >= 11 is 3.31. The van der Waals surface area contributed by atoms with E-state index in [-0.39, 0.29) is 11.9 Å². The first-order valence-corrected chi connectivity index (χ1v) is 6.44. The fraction of sp³-hybridized carbons (Fsp3) is 0.538. The Morgan fingerprint density at radius 3 is 2.69 bits per heavy atom. The summed E-state index contributed by atoms with van der Waals surface area (Å²) in [6.07, 6.45) is 2.09. The molecule has 0 amide bonds. The van der Waals surface area contributed by atoms with Gasteiger partial charge in [-0.25, -0.2) is 4.39 Å². The molecule has 0 heterocycles. The Morgan fingerprint density at radius 1 is 1.44 bits per heavy atom. The molecule has 1 rings (SSSR count). The zero-order chi connectivity index (χ0) is 12.1. The molecule has 90 valence electrons. The van der Waals surface area contributed by atoms with E-state index >= 15 is 0 Å². The Hall–Kier alpha value is -0.410. The van der Waals surface area contributed by atoms with Crippen LogP contribution in [0.2, 0.25) is 0 Å². The topological polar surface area (TPSA) is 20.2 Å². The molecule has 0 aliphatic heterocycles. The highest BCUT2D eigenvalue weighted by atomic mass is 79.9. The van der Waals surface area contributed by atoms with Crippen LogP contribution in [0, 0.1) is 11.7 Å². The van der Waals surface area contributed by atoms with E-state index in [9.17, 15) is 9.50 Å². The van der Waals surface area contributed by atoms with Gasteiger partial charge in [0.15, 0.2) is 0 Å². The van der Waals surface area contributed by atoms with E-state index in [1.807, 2.05) is 0 Å². The lowest BCUT2D eigenvalue weighted by atomic mass is 9.97. The van der Waals surface area contributed by atoms with Crippen molar-refractivity contribution in [3.05, 3.63) is 34.1 Å². The van der Waals surface area contributed by atoms with Crippen molar-refractivity contribution in [1.29, 1.82) is 0 Å². The minimum Gasteiger partial charge on any atom is -0.393 e. The van der Waals surface area contributed by atoms with Gasteiger partial charge in [0.05, 0.1) is 6.10 Å². The highest BCUT2D eigenvalue weighted by Gasteiger charge is 2.11. The van der Waals surface area contributed by atoms with Crippen molar-refractivity contribution >= 4 is 15.9 Å². The monoisotopic (exact) mass is 288 g/mol. The van der Waals surface area contributed by atoms with E-state index in [4.69, 9.17) is 0 Å². The molecule has 1 N–H and O–H groups in total. The molecule has 0 fully saturated rings. The van der Waals surface area contributed by atoms with Gasteiger partial charge in [-0.05, 0) is 36.5 Å². The third kappa shape index (κ3) is 4.22. The Morgan fingerprint density at radius 2 is 2.12 bits per heavy atom. The van der Waals surface area contributed by atoms with Crippen molar-refractivity contribution in [2.75, 3.05) is 0 Å². The molecule has 16 heavy (non-hydrogen) atoms. The van der Waals surface area contributed by atoms with Crippen molar-refractivity contribution in [1.82, 2.24) is 0 Å². The van der Waals surface area contributed by atoms with Gasteiger partial charge in [0.25, 0.3) is 0 Å². The van der Waals surface area contributed by atoms with Gasteiger partial charge in [-0.1, -0.05) is 42.3 Å². The molecule has 1 nitrogen and oxygen atoms in total. The van der Waals surface area contributed by atoms with Crippen LogP contribution in [0.5, 0.6) is 0 Å². The van der Waals surface area contributed by atoms with Gasteiger partial charge in [-0.3, -0.25) is 0 Å². The molecule has 0 aliphatic carbocycles. The maximum Gasteiger partial charge on any atom is 0.124 e. The minimum atomic E-state index is -0.350. The smallest absolute Gasteiger partial charge is 0.124 e. The summed E-state index contributed by atoms with van der Waals surface area (Å²) in [6.45, 7) is 4.24. The van der Waals surface area contributed by atoms with Crippen molar-refractivity contribution in [2.24, 2.45) is 5.92 Å². The average Bonchev–Trinajstić information content (AvgIpc) is 2.22. The van der Waals surface area contributed by atoms with Gasteiger partial charge in [0.2, 0.25) is 0 Å². The second-order valence-corrected chi connectivity index (χ2v) is 5.20. The molecule has 0 saturated heterocycles. The summed E-state index contributed by atoms with van der Waals surface area (Å²) in [7, 11) is 0. The molecule has 0 aromatic heterocycles. The second-order valence-electron chi connectivity index (χ2n) is 4.34. The maximum atomic E-state index is 12.9. The largest absolute Gasteiger partial charge is 0.393 e. The zero-order valence-electron chi connectivity index (χ0n) is 9.71. The highest BCUT2D eigenvalue weighted by molar-refractivity contribution is 9.10. The molecule has 2 unspecified atom stereocenters. The van der Waals surface area contributed by atoms with E-state index < -0.39 is 0 Å². The first-order chi connectivity index (χ1) is 7.52. The Bertz CT molecular complexity index is 341. The van der Waals surface area contributed by atoms with E-state index in [2.05, 4.69) is 29.8 Å². The standard InChI is InChI=1S/C13H18BrFO/c1-3-9(2)6-12(16)7-10-4-5-11(15)8-13(10)14/h4-5,8-9,12,16H,3,6-7H2,1-2H3. The molecule has 1 aromatic carbocycles. The third-order valence-electron chi connectivity index (χ3n) is 2.84. The Kier molecular flexibility index (Phi) is 5.42. The summed E-state index contributed by atoms with van der Waals surface area (Å²) in [6, 6.07) is 4.58. The van der Waals surface area contributed by atoms with E-state index in [1.54, 1.807) is 6.07 Å². The first-order valence-electron chi connectivity index (χ1n) is 5.65. The fourth-order valence-corrected chi connectivity index (χ4v) is 2.17. The normalized spacial score (nSPS) is 14.8. The SMILES string of the molecule is CCC(C)CC(O)Cc1ccc(F)cc1Br. The number of rotatable bonds is 5. The quantitative estimate of drug-likeness (QED) is 0.870. The number of halogens is 2. The Labute approximate surface area is 105 Å². The van der Waals surface area contributed by atoms with Crippen molar-refractivity contribution < 1.29 is 9.50 Å². The maximum absolute atomic E-state index is 12.9. The zero-order valence-corrected chi connectivity index (χ0v) is 11.3. The number of hydrogen-bond acceptors (Lipinski definition) is 1. The summed E-state index contributed by atoms with van der Waals surface area (Å²) in [5.41, 5.74) is 0.956. The van der Waals surface area contributed by atoms with Gasteiger partial charge < -0.3 is 5.11 Å². The number of hydrogen-bond donors (Lipinski definition) is 1. The summed E-state index contributed by atoms with van der Waals surface area (Å²) in [5, 5.41) is 9.88. The molecular weight excluding hydrogens is 271 g/mol. The van der Waals surface area contributed by atoms with Crippen LogP contribution in [-0.2, 0) is 6.42 Å². The van der Waals surface area contributed by atoms with Crippen LogP contribution in [0.1, 0.15) is 32.3 Å². The Balaban J connectivity index is 2.59. The van der Waals surface area contributed by atoms with Gasteiger partial charge in [-0.2, -0.15) is 0 Å². The number of aliphatic hydroxyl groups excluding tert-OH is 1. The fourth-order valence-electron chi connectivity index (χ4n) is 1.66. The average molecular weight is 289 g/mol. The van der Waals surface area contributed by atoms with Gasteiger partial charge in [-0.15, -0.1) is 0 Å². The lowest BCUT2D eigenvalue weighted by Crippen LogP contribution is -2.14. The van der Waals surface area contributed by atoms with E-state index in [0.717, 1.165) is 22.9 Å². The lowest BCUT2D eigenvalue weighted by molar-refractivity contribution is 0.144. The summed E-state index contributed by atoms with van der Waals surface area (Å²) in [4.78, 5) is 0. The molecule has 3 heteroatoms. The van der Waals surface area contributed by atoms with Crippen molar-refractivity contribution in [3.63, 3.8) is 0 Å². The van der Waals surface area contributed by atoms with Crippen LogP contribution in [0.4, 0.5) is 4.39 Å². The van der Waals surface area contributed by atoms with Crippen LogP contribution in [-0.4, -0.2) is 11.2 Å². The van der Waals surface area contributed by atoms with Gasteiger partial charge >= 0.3 is 0 Å². The molecule has 0 bridgehead atoms. The van der Waals surface area contributed by atoms with Gasteiger partial charge in [0, 0.05) is 4.47 Å². The minimum absolute atomic E-state index is 0.257. The molecular formula is C13H18BrFO. The van der Waals surface area contributed by atoms with Crippen molar-refractivity contribution in [2.45, 2.75) is 39.2 Å². The van der Waals surface area contributed by atoms with E-state index in [1.165, 1.54) is 12.1 Å². The van der Waals surface area contributed by atoms with Crippen LogP contribution in [0.25, 0.3) is 0 Å².